The van der Waals surface area contributed by atoms with E-state index in [-0.39, 0.29) is 12.6 Å². The number of anilines is 1. The Morgan fingerprint density at radius 3 is 2.67 bits per heavy atom. The molecule has 3 rings (SSSR count). The van der Waals surface area contributed by atoms with Gasteiger partial charge in [-0.2, -0.15) is 4.98 Å². The molecule has 0 saturated heterocycles. The third kappa shape index (κ3) is 3.91. The maximum Gasteiger partial charge on any atom is 0.319 e. The molecular formula is C17H15ClN4O2. The summed E-state index contributed by atoms with van der Waals surface area (Å²) in [6.45, 7) is 2.06. The normalized spacial score (nSPS) is 10.4. The minimum absolute atomic E-state index is 0.137. The van der Waals surface area contributed by atoms with Crippen molar-refractivity contribution in [1.29, 1.82) is 0 Å². The van der Waals surface area contributed by atoms with Crippen molar-refractivity contribution in [2.75, 3.05) is 5.32 Å². The maximum atomic E-state index is 11.9. The van der Waals surface area contributed by atoms with Crippen molar-refractivity contribution in [3.05, 3.63) is 65.0 Å². The van der Waals surface area contributed by atoms with Crippen molar-refractivity contribution in [3.63, 3.8) is 0 Å². The Hall–Kier alpha value is -2.86. The van der Waals surface area contributed by atoms with Crippen LogP contribution in [0.5, 0.6) is 0 Å². The van der Waals surface area contributed by atoms with Gasteiger partial charge in [-0.3, -0.25) is 0 Å². The highest BCUT2D eigenvalue weighted by Crippen LogP contribution is 2.18. The molecule has 0 bridgehead atoms. The van der Waals surface area contributed by atoms with Crippen LogP contribution in [0.3, 0.4) is 0 Å². The van der Waals surface area contributed by atoms with E-state index < -0.39 is 0 Å². The van der Waals surface area contributed by atoms with Crippen LogP contribution in [0.2, 0.25) is 5.02 Å². The molecule has 2 N–H and O–H groups in total. The maximum absolute atomic E-state index is 11.9. The van der Waals surface area contributed by atoms with Gasteiger partial charge in [-0.05, 0) is 42.8 Å². The molecule has 24 heavy (non-hydrogen) atoms. The van der Waals surface area contributed by atoms with Crippen LogP contribution >= 0.6 is 11.6 Å². The number of hydrogen-bond acceptors (Lipinski definition) is 4. The molecule has 0 saturated carbocycles. The molecule has 2 amide bonds. The lowest BCUT2D eigenvalue weighted by atomic mass is 10.2. The number of para-hydroxylation sites is 1. The van der Waals surface area contributed by atoms with Gasteiger partial charge in [-0.1, -0.05) is 35.0 Å². The Kier molecular flexibility index (Phi) is 4.77. The number of hydrogen-bond donors (Lipinski definition) is 2. The van der Waals surface area contributed by atoms with Crippen molar-refractivity contribution >= 4 is 23.3 Å². The van der Waals surface area contributed by atoms with Crippen molar-refractivity contribution in [2.45, 2.75) is 13.5 Å². The molecular weight excluding hydrogens is 328 g/mol. The van der Waals surface area contributed by atoms with E-state index in [4.69, 9.17) is 16.1 Å². The summed E-state index contributed by atoms with van der Waals surface area (Å²) in [5, 5.41) is 9.98. The topological polar surface area (TPSA) is 80.0 Å². The average Bonchev–Trinajstić information content (AvgIpc) is 3.05. The molecule has 0 aliphatic heterocycles. The van der Waals surface area contributed by atoms with E-state index in [0.29, 0.717) is 16.7 Å². The second kappa shape index (κ2) is 7.14. The predicted molar refractivity (Wildman–Crippen MR) is 91.8 cm³/mol. The van der Waals surface area contributed by atoms with Gasteiger partial charge < -0.3 is 15.2 Å². The van der Waals surface area contributed by atoms with E-state index in [1.165, 1.54) is 0 Å². The Labute approximate surface area is 143 Å². The van der Waals surface area contributed by atoms with Crippen molar-refractivity contribution in [2.24, 2.45) is 0 Å². The number of halogens is 1. The second-order valence-electron chi connectivity index (χ2n) is 5.14. The third-order valence-electron chi connectivity index (χ3n) is 3.36. The van der Waals surface area contributed by atoms with Crippen LogP contribution in [0, 0.1) is 6.92 Å². The minimum atomic E-state index is -0.337. The lowest BCUT2D eigenvalue weighted by Gasteiger charge is -2.08. The fourth-order valence-corrected chi connectivity index (χ4v) is 2.20. The van der Waals surface area contributed by atoms with E-state index in [2.05, 4.69) is 20.8 Å². The smallest absolute Gasteiger partial charge is 0.319 e. The highest BCUT2D eigenvalue weighted by atomic mass is 35.5. The van der Waals surface area contributed by atoms with Crippen molar-refractivity contribution in [3.8, 4) is 11.4 Å². The molecule has 122 valence electrons. The Morgan fingerprint density at radius 2 is 1.92 bits per heavy atom. The van der Waals surface area contributed by atoms with Crippen LogP contribution in [-0.2, 0) is 6.54 Å². The third-order valence-corrected chi connectivity index (χ3v) is 3.62. The molecule has 1 heterocycles. The first-order valence-corrected chi connectivity index (χ1v) is 7.68. The number of aryl methyl sites for hydroxylation is 1. The summed E-state index contributed by atoms with van der Waals surface area (Å²) in [5.74, 6) is 0.766. The molecule has 0 unspecified atom stereocenters. The van der Waals surface area contributed by atoms with E-state index in [1.807, 2.05) is 31.2 Å². The minimum Gasteiger partial charge on any atom is -0.337 e. The molecule has 0 fully saturated rings. The van der Waals surface area contributed by atoms with Crippen molar-refractivity contribution < 1.29 is 9.32 Å². The molecule has 0 radical (unpaired) electrons. The van der Waals surface area contributed by atoms with Gasteiger partial charge in [0.25, 0.3) is 0 Å². The summed E-state index contributed by atoms with van der Waals surface area (Å²) >= 11 is 5.85. The summed E-state index contributed by atoms with van der Waals surface area (Å²) in [5.41, 5.74) is 2.52. The van der Waals surface area contributed by atoms with Crippen LogP contribution in [0.4, 0.5) is 10.5 Å². The van der Waals surface area contributed by atoms with Gasteiger partial charge in [0.15, 0.2) is 0 Å². The van der Waals surface area contributed by atoms with Gasteiger partial charge in [0.2, 0.25) is 11.7 Å². The zero-order chi connectivity index (χ0) is 16.9. The van der Waals surface area contributed by atoms with Crippen LogP contribution in [0.25, 0.3) is 11.4 Å². The van der Waals surface area contributed by atoms with E-state index in [1.54, 1.807) is 24.3 Å². The number of benzene rings is 2. The number of aromatic nitrogens is 2. The molecule has 1 aromatic heterocycles. The van der Waals surface area contributed by atoms with Gasteiger partial charge in [0.05, 0.1) is 6.54 Å². The molecule has 0 spiro atoms. The highest BCUT2D eigenvalue weighted by molar-refractivity contribution is 6.30. The molecule has 3 aromatic rings. The average molecular weight is 343 g/mol. The number of urea groups is 1. The summed E-state index contributed by atoms with van der Waals surface area (Å²) in [6, 6.07) is 14.3. The van der Waals surface area contributed by atoms with Crippen molar-refractivity contribution in [1.82, 2.24) is 15.5 Å². The van der Waals surface area contributed by atoms with Gasteiger partial charge in [0.1, 0.15) is 0 Å². The quantitative estimate of drug-likeness (QED) is 0.750. The van der Waals surface area contributed by atoms with Crippen LogP contribution < -0.4 is 10.6 Å². The molecule has 6 nitrogen and oxygen atoms in total. The Morgan fingerprint density at radius 1 is 1.17 bits per heavy atom. The highest BCUT2D eigenvalue weighted by Gasteiger charge is 2.10. The van der Waals surface area contributed by atoms with Gasteiger partial charge >= 0.3 is 6.03 Å². The fraction of sp³-hybridized carbons (Fsp3) is 0.118. The first-order chi connectivity index (χ1) is 11.6. The number of nitrogens with one attached hydrogen (secondary N) is 2. The number of rotatable bonds is 4. The number of nitrogens with zero attached hydrogens (tertiary/aromatic N) is 2. The van der Waals surface area contributed by atoms with E-state index >= 15 is 0 Å². The predicted octanol–water partition coefficient (Wildman–Crippen LogP) is 4.02. The monoisotopic (exact) mass is 342 g/mol. The summed E-state index contributed by atoms with van der Waals surface area (Å²) < 4.78 is 5.14. The Balaban J connectivity index is 1.58. The standard InChI is InChI=1S/C17H15ClN4O2/c1-11-4-2-3-5-14(11)20-17(23)19-10-15-21-16(22-24-15)12-6-8-13(18)9-7-12/h2-9H,10H2,1H3,(H2,19,20,23). The molecule has 0 aliphatic carbocycles. The molecule has 7 heteroatoms. The first kappa shape index (κ1) is 16.0. The summed E-state index contributed by atoms with van der Waals surface area (Å²) in [7, 11) is 0. The lowest BCUT2D eigenvalue weighted by Crippen LogP contribution is -2.28. The number of carbonyl (C=O) groups excluding carboxylic acids is 1. The van der Waals surface area contributed by atoms with Gasteiger partial charge in [-0.15, -0.1) is 0 Å². The van der Waals surface area contributed by atoms with E-state index in [9.17, 15) is 4.79 Å². The van der Waals surface area contributed by atoms with Crippen LogP contribution in [0.15, 0.2) is 53.1 Å². The van der Waals surface area contributed by atoms with Crippen LogP contribution in [0.1, 0.15) is 11.5 Å². The zero-order valence-corrected chi connectivity index (χ0v) is 13.7. The SMILES string of the molecule is Cc1ccccc1NC(=O)NCc1nc(-c2ccc(Cl)cc2)no1. The zero-order valence-electron chi connectivity index (χ0n) is 12.9. The van der Waals surface area contributed by atoms with Gasteiger partial charge in [-0.25, -0.2) is 4.79 Å². The molecule has 0 atom stereocenters. The molecule has 2 aromatic carbocycles. The summed E-state index contributed by atoms with van der Waals surface area (Å²) in [6.07, 6.45) is 0. The van der Waals surface area contributed by atoms with Gasteiger partial charge in [0, 0.05) is 16.3 Å². The second-order valence-corrected chi connectivity index (χ2v) is 5.58. The Bertz CT molecular complexity index is 846. The van der Waals surface area contributed by atoms with E-state index in [0.717, 1.165) is 16.8 Å². The lowest BCUT2D eigenvalue weighted by molar-refractivity contribution is 0.249. The molecule has 0 aliphatic rings. The fourth-order valence-electron chi connectivity index (χ4n) is 2.08. The largest absolute Gasteiger partial charge is 0.337 e. The first-order valence-electron chi connectivity index (χ1n) is 7.31. The number of carbonyl (C=O) groups is 1. The van der Waals surface area contributed by atoms with Crippen LogP contribution in [-0.4, -0.2) is 16.2 Å². The number of amides is 2. The summed E-state index contributed by atoms with van der Waals surface area (Å²) in [4.78, 5) is 16.2.